The van der Waals surface area contributed by atoms with Crippen molar-refractivity contribution < 1.29 is 19.1 Å². The van der Waals surface area contributed by atoms with Crippen molar-refractivity contribution >= 4 is 46.5 Å². The first-order valence-corrected chi connectivity index (χ1v) is 11.0. The zero-order chi connectivity index (χ0) is 23.7. The lowest BCUT2D eigenvalue weighted by atomic mass is 10.0. The van der Waals surface area contributed by atoms with E-state index in [1.807, 2.05) is 19.1 Å². The Labute approximate surface area is 200 Å². The van der Waals surface area contributed by atoms with Crippen LogP contribution in [-0.2, 0) is 16.0 Å². The van der Waals surface area contributed by atoms with Crippen LogP contribution in [0.3, 0.4) is 0 Å². The number of aromatic nitrogens is 2. The van der Waals surface area contributed by atoms with Crippen LogP contribution in [0, 0.1) is 0 Å². The Hall–Kier alpha value is -3.23. The Morgan fingerprint density at radius 1 is 1.18 bits per heavy atom. The van der Waals surface area contributed by atoms with Crippen molar-refractivity contribution in [2.75, 3.05) is 24.9 Å². The van der Waals surface area contributed by atoms with Crippen LogP contribution in [-0.4, -0.2) is 35.8 Å². The van der Waals surface area contributed by atoms with Gasteiger partial charge < -0.3 is 20.1 Å². The Morgan fingerprint density at radius 2 is 1.94 bits per heavy atom. The highest BCUT2D eigenvalue weighted by Crippen LogP contribution is 2.41. The van der Waals surface area contributed by atoms with E-state index in [1.54, 1.807) is 43.2 Å². The number of methoxy groups -OCH3 is 2. The zero-order valence-corrected chi connectivity index (χ0v) is 19.8. The molecule has 2 N–H and O–H groups in total. The summed E-state index contributed by atoms with van der Waals surface area (Å²) in [6.07, 6.45) is 0.522. The molecule has 2 amide bonds. The standard InChI is InChI=1S/C23H22Cl2N4O4/c1-4-14-20(12-8-9-17(32-2)18(10-12)33-3)22-27-23(31)16(29(22)28-14)11-19(30)26-15-7-5-6-13(24)21(15)25/h5-10,16H,4,11H2,1-3H3,(H,26,30)(H,27,31). The number of halogens is 2. The minimum atomic E-state index is -0.794. The summed E-state index contributed by atoms with van der Waals surface area (Å²) in [7, 11) is 3.13. The van der Waals surface area contributed by atoms with Crippen LogP contribution in [0.1, 0.15) is 25.1 Å². The van der Waals surface area contributed by atoms with Crippen LogP contribution in [0.25, 0.3) is 11.1 Å². The third-order valence-electron chi connectivity index (χ3n) is 5.43. The summed E-state index contributed by atoms with van der Waals surface area (Å²) < 4.78 is 12.3. The van der Waals surface area contributed by atoms with Crippen LogP contribution in [0.5, 0.6) is 11.5 Å². The van der Waals surface area contributed by atoms with Gasteiger partial charge in [0.1, 0.15) is 11.9 Å². The monoisotopic (exact) mass is 488 g/mol. The summed E-state index contributed by atoms with van der Waals surface area (Å²) in [4.78, 5) is 25.5. The van der Waals surface area contributed by atoms with Crippen molar-refractivity contribution in [2.24, 2.45) is 0 Å². The number of fused-ring (bicyclic) bond motifs is 1. The van der Waals surface area contributed by atoms with Crippen LogP contribution in [0.2, 0.25) is 10.0 Å². The number of carbonyl (C=O) groups is 2. The average Bonchev–Trinajstić information content (AvgIpc) is 3.31. The van der Waals surface area contributed by atoms with Gasteiger partial charge in [0.05, 0.1) is 42.1 Å². The molecule has 172 valence electrons. The number of rotatable bonds is 7. The third-order valence-corrected chi connectivity index (χ3v) is 6.25. The predicted octanol–water partition coefficient (Wildman–Crippen LogP) is 4.96. The van der Waals surface area contributed by atoms with Crippen LogP contribution < -0.4 is 20.1 Å². The first kappa shape index (κ1) is 22.9. The second-order valence-corrected chi connectivity index (χ2v) is 8.18. The molecule has 8 nitrogen and oxygen atoms in total. The van der Waals surface area contributed by atoms with Crippen molar-refractivity contribution in [3.05, 3.63) is 52.1 Å². The first-order chi connectivity index (χ1) is 15.9. The van der Waals surface area contributed by atoms with Crippen LogP contribution in [0.4, 0.5) is 11.5 Å². The molecule has 1 aliphatic rings. The molecule has 0 bridgehead atoms. The van der Waals surface area contributed by atoms with E-state index in [2.05, 4.69) is 15.7 Å². The number of hydrogen-bond donors (Lipinski definition) is 2. The lowest BCUT2D eigenvalue weighted by molar-refractivity contribution is -0.123. The maximum Gasteiger partial charge on any atom is 0.251 e. The number of nitrogens with one attached hydrogen (secondary N) is 2. The molecule has 2 heterocycles. The molecule has 1 aromatic heterocycles. The largest absolute Gasteiger partial charge is 0.493 e. The number of ether oxygens (including phenoxy) is 2. The molecule has 0 saturated carbocycles. The minimum absolute atomic E-state index is 0.113. The van der Waals surface area contributed by atoms with E-state index in [1.165, 1.54) is 0 Å². The maximum absolute atomic E-state index is 12.8. The van der Waals surface area contributed by atoms with Crippen molar-refractivity contribution in [2.45, 2.75) is 25.8 Å². The van der Waals surface area contributed by atoms with E-state index in [9.17, 15) is 9.59 Å². The fourth-order valence-corrected chi connectivity index (χ4v) is 4.18. The molecule has 10 heteroatoms. The summed E-state index contributed by atoms with van der Waals surface area (Å²) in [6.45, 7) is 1.98. The Balaban J connectivity index is 1.65. The topological polar surface area (TPSA) is 94.5 Å². The number of benzene rings is 2. The van der Waals surface area contributed by atoms with E-state index >= 15 is 0 Å². The van der Waals surface area contributed by atoms with Gasteiger partial charge in [-0.15, -0.1) is 0 Å². The van der Waals surface area contributed by atoms with Crippen molar-refractivity contribution in [1.29, 1.82) is 0 Å². The van der Waals surface area contributed by atoms with Gasteiger partial charge in [-0.05, 0) is 36.2 Å². The lowest BCUT2D eigenvalue weighted by Crippen LogP contribution is -2.24. The number of anilines is 2. The number of aryl methyl sites for hydroxylation is 1. The number of carbonyl (C=O) groups excluding carboxylic acids is 2. The van der Waals surface area contributed by atoms with Gasteiger partial charge in [-0.2, -0.15) is 5.10 Å². The molecule has 0 aliphatic carbocycles. The summed E-state index contributed by atoms with van der Waals surface area (Å²) in [6, 6.07) is 9.67. The molecule has 2 aromatic carbocycles. The van der Waals surface area contributed by atoms with E-state index in [4.69, 9.17) is 32.7 Å². The molecule has 1 unspecified atom stereocenters. The number of hydrogen-bond acceptors (Lipinski definition) is 5. The van der Waals surface area contributed by atoms with Gasteiger partial charge in [-0.1, -0.05) is 42.3 Å². The summed E-state index contributed by atoms with van der Waals surface area (Å²) in [5, 5.41) is 10.8. The summed E-state index contributed by atoms with van der Waals surface area (Å²) in [5.41, 5.74) is 2.78. The molecule has 1 aliphatic heterocycles. The molecule has 0 saturated heterocycles. The van der Waals surface area contributed by atoms with E-state index in [-0.39, 0.29) is 23.3 Å². The van der Waals surface area contributed by atoms with Gasteiger partial charge in [-0.25, -0.2) is 4.68 Å². The summed E-state index contributed by atoms with van der Waals surface area (Å²) in [5.74, 6) is 1.02. The lowest BCUT2D eigenvalue weighted by Gasteiger charge is -2.11. The van der Waals surface area contributed by atoms with Gasteiger partial charge in [0.25, 0.3) is 5.91 Å². The highest BCUT2D eigenvalue weighted by molar-refractivity contribution is 6.44. The second kappa shape index (κ2) is 9.33. The first-order valence-electron chi connectivity index (χ1n) is 10.3. The average molecular weight is 489 g/mol. The van der Waals surface area contributed by atoms with E-state index < -0.39 is 6.04 Å². The molecule has 0 radical (unpaired) electrons. The van der Waals surface area contributed by atoms with Gasteiger partial charge in [0.2, 0.25) is 5.91 Å². The fourth-order valence-electron chi connectivity index (χ4n) is 3.84. The molecule has 1 atom stereocenters. The normalized spacial score (nSPS) is 14.6. The van der Waals surface area contributed by atoms with E-state index in [0.717, 1.165) is 16.8 Å². The van der Waals surface area contributed by atoms with Crippen LogP contribution in [0.15, 0.2) is 36.4 Å². The number of amides is 2. The van der Waals surface area contributed by atoms with Crippen molar-refractivity contribution in [3.8, 4) is 22.6 Å². The Bertz CT molecular complexity index is 1240. The highest BCUT2D eigenvalue weighted by atomic mass is 35.5. The molecule has 33 heavy (non-hydrogen) atoms. The molecule has 0 spiro atoms. The molecule has 3 aromatic rings. The molecular formula is C23H22Cl2N4O4. The molecule has 4 rings (SSSR count). The molecule has 0 fully saturated rings. The Morgan fingerprint density at radius 3 is 2.64 bits per heavy atom. The van der Waals surface area contributed by atoms with E-state index in [0.29, 0.717) is 34.4 Å². The quantitative estimate of drug-likeness (QED) is 0.490. The van der Waals surface area contributed by atoms with Gasteiger partial charge in [0.15, 0.2) is 11.5 Å². The fraction of sp³-hybridized carbons (Fsp3) is 0.261. The Kier molecular flexibility index (Phi) is 6.49. The maximum atomic E-state index is 12.8. The number of nitrogens with zero attached hydrogens (tertiary/aromatic N) is 2. The minimum Gasteiger partial charge on any atom is -0.493 e. The predicted molar refractivity (Wildman–Crippen MR) is 128 cm³/mol. The van der Waals surface area contributed by atoms with Crippen LogP contribution >= 0.6 is 23.2 Å². The smallest absolute Gasteiger partial charge is 0.251 e. The van der Waals surface area contributed by atoms with Gasteiger partial charge in [-0.3, -0.25) is 9.59 Å². The van der Waals surface area contributed by atoms with Gasteiger partial charge >= 0.3 is 0 Å². The second-order valence-electron chi connectivity index (χ2n) is 7.40. The zero-order valence-electron chi connectivity index (χ0n) is 18.2. The highest BCUT2D eigenvalue weighted by Gasteiger charge is 2.37. The third kappa shape index (κ3) is 4.24. The van der Waals surface area contributed by atoms with Crippen molar-refractivity contribution in [3.63, 3.8) is 0 Å². The van der Waals surface area contributed by atoms with Crippen molar-refractivity contribution in [1.82, 2.24) is 9.78 Å². The summed E-state index contributed by atoms with van der Waals surface area (Å²) >= 11 is 12.2. The SMILES string of the molecule is CCc1nn2c(c1-c1ccc(OC)c(OC)c1)NC(=O)C2CC(=O)Nc1cccc(Cl)c1Cl. The molecular weight excluding hydrogens is 467 g/mol. The van der Waals surface area contributed by atoms with Gasteiger partial charge in [0, 0.05) is 5.56 Å².